The summed E-state index contributed by atoms with van der Waals surface area (Å²) in [5.41, 5.74) is 0. The summed E-state index contributed by atoms with van der Waals surface area (Å²) in [5, 5.41) is 47.0. The Balaban J connectivity index is 0. The molecule has 1 heterocycles. The van der Waals surface area contributed by atoms with Crippen molar-refractivity contribution in [3.05, 3.63) is 11.5 Å². The number of ether oxygens (including phenoxy) is 1. The third-order valence-electron chi connectivity index (χ3n) is 4.94. The normalized spacial score (nSPS) is 16.2. The number of hydrogen-bond donors (Lipinski definition) is 3. The van der Waals surface area contributed by atoms with Crippen molar-refractivity contribution < 1.29 is 39.9 Å². The molecule has 1 rings (SSSR count). The van der Waals surface area contributed by atoms with Gasteiger partial charge in [0.25, 0.3) is 0 Å². The Morgan fingerprint density at radius 3 is 1.71 bits per heavy atom. The fraction of sp³-hybridized carbons (Fsp3) is 0.818. The fourth-order valence-electron chi connectivity index (χ4n) is 3.10. The number of carboxylic acids is 1. The standard InChI is InChI=1S/C16H32O2.C6H8O6.Mg/c1-2-3-4-5-6-7-8-9-10-11-12-13-14-15-16(17)18;7-1-2(8)5-3(9)4(10)6(11)12-5;/h2-15H2,1H3,(H,17,18);2,5,7-10H,1H2;/q;;+2/p-2/t;2-,5+;/m.0./s1. The molecule has 176 valence electrons. The summed E-state index contributed by atoms with van der Waals surface area (Å²) in [6.07, 6.45) is 14.0. The third kappa shape index (κ3) is 16.3. The van der Waals surface area contributed by atoms with Crippen molar-refractivity contribution in [3.63, 3.8) is 0 Å². The maximum absolute atomic E-state index is 10.8. The van der Waals surface area contributed by atoms with Gasteiger partial charge < -0.3 is 35.1 Å². The van der Waals surface area contributed by atoms with Gasteiger partial charge in [-0.1, -0.05) is 84.0 Å². The van der Waals surface area contributed by atoms with Crippen molar-refractivity contribution >= 4 is 35.0 Å². The molecule has 9 heteroatoms. The Kier molecular flexibility index (Phi) is 21.6. The second kappa shape index (κ2) is 20.8. The Hall–Kier alpha value is -1.03. The first-order valence-corrected chi connectivity index (χ1v) is 11.1. The molecular formula is C22H38MgO8. The molecule has 0 fully saturated rings. The molecule has 0 saturated heterocycles. The van der Waals surface area contributed by atoms with Crippen molar-refractivity contribution in [2.75, 3.05) is 6.61 Å². The maximum atomic E-state index is 10.8. The van der Waals surface area contributed by atoms with E-state index in [0.29, 0.717) is 0 Å². The van der Waals surface area contributed by atoms with Gasteiger partial charge in [-0.2, -0.15) is 0 Å². The van der Waals surface area contributed by atoms with Crippen LogP contribution in [0.2, 0.25) is 0 Å². The second-order valence-electron chi connectivity index (χ2n) is 7.65. The third-order valence-corrected chi connectivity index (χ3v) is 4.94. The number of aliphatic hydroxyl groups excluding tert-OH is 3. The van der Waals surface area contributed by atoms with Gasteiger partial charge in [0.15, 0.2) is 5.76 Å². The van der Waals surface area contributed by atoms with Gasteiger partial charge >= 0.3 is 29.0 Å². The number of aliphatic carboxylic acids is 1. The van der Waals surface area contributed by atoms with E-state index < -0.39 is 42.3 Å². The van der Waals surface area contributed by atoms with Crippen molar-refractivity contribution in [3.8, 4) is 0 Å². The SMILES string of the molecule is CCCCCCCCCCCCCCCC(=O)[O-].O=C1O[C@H]([C@@H](O)CO)C([O-])=C1O.[Mg+2]. The molecule has 0 aliphatic carbocycles. The van der Waals surface area contributed by atoms with E-state index in [1.165, 1.54) is 70.6 Å². The number of rotatable bonds is 16. The van der Waals surface area contributed by atoms with E-state index in [9.17, 15) is 19.8 Å². The van der Waals surface area contributed by atoms with Crippen LogP contribution in [-0.4, -0.2) is 69.1 Å². The number of carbonyl (C=O) groups excluding carboxylic acids is 2. The van der Waals surface area contributed by atoms with Crippen molar-refractivity contribution in [1.82, 2.24) is 0 Å². The Morgan fingerprint density at radius 2 is 1.39 bits per heavy atom. The predicted octanol–water partition coefficient (Wildman–Crippen LogP) is 1.23. The van der Waals surface area contributed by atoms with Crippen LogP contribution in [-0.2, 0) is 14.3 Å². The average Bonchev–Trinajstić information content (AvgIpc) is 2.98. The summed E-state index contributed by atoms with van der Waals surface area (Å²) >= 11 is 0. The molecule has 0 unspecified atom stereocenters. The van der Waals surface area contributed by atoms with E-state index in [4.69, 9.17) is 15.3 Å². The number of hydrogen-bond acceptors (Lipinski definition) is 8. The molecule has 8 nitrogen and oxygen atoms in total. The van der Waals surface area contributed by atoms with E-state index in [1.807, 2.05) is 0 Å². The van der Waals surface area contributed by atoms with Crippen LogP contribution >= 0.6 is 0 Å². The summed E-state index contributed by atoms with van der Waals surface area (Å²) < 4.78 is 4.25. The molecule has 3 N–H and O–H groups in total. The van der Waals surface area contributed by atoms with Crippen LogP contribution in [0.4, 0.5) is 0 Å². The monoisotopic (exact) mass is 454 g/mol. The van der Waals surface area contributed by atoms with Crippen LogP contribution in [0.15, 0.2) is 11.5 Å². The van der Waals surface area contributed by atoms with Crippen LogP contribution in [0.3, 0.4) is 0 Å². The summed E-state index contributed by atoms with van der Waals surface area (Å²) in [7, 11) is 0. The number of aliphatic hydroxyl groups is 3. The summed E-state index contributed by atoms with van der Waals surface area (Å²) in [6.45, 7) is 1.55. The number of cyclic esters (lactones) is 1. The van der Waals surface area contributed by atoms with Gasteiger partial charge in [0.1, 0.15) is 12.2 Å². The molecule has 0 aromatic rings. The molecule has 0 aromatic carbocycles. The number of carbonyl (C=O) groups is 2. The average molecular weight is 455 g/mol. The Labute approximate surface area is 201 Å². The van der Waals surface area contributed by atoms with Gasteiger partial charge in [0.2, 0.25) is 0 Å². The minimum Gasteiger partial charge on any atom is -0.870 e. The summed E-state index contributed by atoms with van der Waals surface area (Å²) in [6, 6.07) is 0. The van der Waals surface area contributed by atoms with Crippen molar-refractivity contribution in [2.24, 2.45) is 0 Å². The number of carboxylic acid groups (broad SMARTS) is 1. The van der Waals surface area contributed by atoms with Crippen LogP contribution in [0.1, 0.15) is 96.8 Å². The van der Waals surface area contributed by atoms with E-state index >= 15 is 0 Å². The topological polar surface area (TPSA) is 150 Å². The van der Waals surface area contributed by atoms with Crippen LogP contribution in [0.5, 0.6) is 0 Å². The zero-order valence-electron chi connectivity index (χ0n) is 18.9. The minimum absolute atomic E-state index is 0. The maximum Gasteiger partial charge on any atom is 2.00 e. The molecule has 0 saturated carbocycles. The quantitative estimate of drug-likeness (QED) is 0.179. The Bertz CT molecular complexity index is 510. The first-order chi connectivity index (χ1) is 14.3. The van der Waals surface area contributed by atoms with Gasteiger partial charge in [-0.25, -0.2) is 4.79 Å². The smallest absolute Gasteiger partial charge is 0.870 e. The largest absolute Gasteiger partial charge is 2.00 e. The first kappa shape index (κ1) is 32.1. The van der Waals surface area contributed by atoms with Gasteiger partial charge in [-0.15, -0.1) is 0 Å². The van der Waals surface area contributed by atoms with Crippen LogP contribution in [0.25, 0.3) is 0 Å². The molecule has 31 heavy (non-hydrogen) atoms. The minimum atomic E-state index is -1.48. The van der Waals surface area contributed by atoms with Crippen LogP contribution < -0.4 is 10.2 Å². The fourth-order valence-corrected chi connectivity index (χ4v) is 3.10. The van der Waals surface area contributed by atoms with Crippen molar-refractivity contribution in [2.45, 2.75) is 109 Å². The molecule has 1 aliphatic rings. The summed E-state index contributed by atoms with van der Waals surface area (Å²) in [5.74, 6) is -4.11. The van der Waals surface area contributed by atoms with Crippen LogP contribution in [0, 0.1) is 0 Å². The van der Waals surface area contributed by atoms with Crippen molar-refractivity contribution in [1.29, 1.82) is 0 Å². The first-order valence-electron chi connectivity index (χ1n) is 11.1. The Morgan fingerprint density at radius 1 is 0.968 bits per heavy atom. The molecule has 0 amide bonds. The zero-order valence-corrected chi connectivity index (χ0v) is 20.3. The zero-order chi connectivity index (χ0) is 22.8. The van der Waals surface area contributed by atoms with E-state index in [0.717, 1.165) is 12.8 Å². The molecule has 2 atom stereocenters. The van der Waals surface area contributed by atoms with Gasteiger partial charge in [0.05, 0.1) is 6.61 Å². The molecule has 0 spiro atoms. The molecule has 0 aromatic heterocycles. The van der Waals surface area contributed by atoms with E-state index in [1.54, 1.807) is 0 Å². The molecular weight excluding hydrogens is 417 g/mol. The summed E-state index contributed by atoms with van der Waals surface area (Å²) in [4.78, 5) is 20.7. The predicted molar refractivity (Wildman–Crippen MR) is 114 cm³/mol. The number of unbranched alkanes of at least 4 members (excludes halogenated alkanes) is 12. The van der Waals surface area contributed by atoms with Gasteiger partial charge in [0, 0.05) is 5.97 Å². The van der Waals surface area contributed by atoms with Gasteiger partial charge in [-0.05, 0) is 18.6 Å². The molecule has 0 radical (unpaired) electrons. The number of esters is 1. The van der Waals surface area contributed by atoms with E-state index in [-0.39, 0.29) is 29.5 Å². The van der Waals surface area contributed by atoms with E-state index in [2.05, 4.69) is 11.7 Å². The molecule has 0 bridgehead atoms. The second-order valence-corrected chi connectivity index (χ2v) is 7.65. The molecule has 1 aliphatic heterocycles. The van der Waals surface area contributed by atoms with Gasteiger partial charge in [-0.3, -0.25) is 0 Å².